The van der Waals surface area contributed by atoms with Crippen molar-refractivity contribution in [2.24, 2.45) is 5.92 Å². The van der Waals surface area contributed by atoms with Crippen molar-refractivity contribution in [3.8, 4) is 0 Å². The summed E-state index contributed by atoms with van der Waals surface area (Å²) in [6, 6.07) is 1.94. The molecule has 0 bridgehead atoms. The standard InChI is InChI=1S/C12H19NOS/c1-9(2)7-15-8-12(14)11-6-13-5-4-10(11)3/h4-6,9,12,14H,7-8H2,1-3H3. The van der Waals surface area contributed by atoms with Crippen LogP contribution in [0.25, 0.3) is 0 Å². The molecule has 1 heterocycles. The number of thioether (sulfide) groups is 1. The number of aromatic nitrogens is 1. The molecule has 0 aliphatic heterocycles. The summed E-state index contributed by atoms with van der Waals surface area (Å²) in [6.07, 6.45) is 3.13. The molecule has 1 aromatic heterocycles. The summed E-state index contributed by atoms with van der Waals surface area (Å²) in [4.78, 5) is 4.04. The third-order valence-electron chi connectivity index (χ3n) is 2.17. The van der Waals surface area contributed by atoms with Crippen LogP contribution in [0.2, 0.25) is 0 Å². The zero-order valence-electron chi connectivity index (χ0n) is 9.60. The van der Waals surface area contributed by atoms with E-state index in [0.29, 0.717) is 5.92 Å². The van der Waals surface area contributed by atoms with Crippen LogP contribution in [0.3, 0.4) is 0 Å². The molecule has 3 heteroatoms. The minimum Gasteiger partial charge on any atom is -0.387 e. The van der Waals surface area contributed by atoms with Crippen LogP contribution in [0.15, 0.2) is 18.5 Å². The predicted molar refractivity (Wildman–Crippen MR) is 66.1 cm³/mol. The van der Waals surface area contributed by atoms with Gasteiger partial charge in [-0.15, -0.1) is 0 Å². The molecular weight excluding hydrogens is 206 g/mol. The fourth-order valence-corrected chi connectivity index (χ4v) is 2.34. The molecule has 0 aliphatic rings. The molecule has 15 heavy (non-hydrogen) atoms. The van der Waals surface area contributed by atoms with Crippen molar-refractivity contribution in [3.05, 3.63) is 29.6 Å². The third kappa shape index (κ3) is 4.22. The molecule has 0 saturated carbocycles. The highest BCUT2D eigenvalue weighted by molar-refractivity contribution is 7.99. The largest absolute Gasteiger partial charge is 0.387 e. The molecular formula is C12H19NOS. The number of nitrogens with zero attached hydrogens (tertiary/aromatic N) is 1. The normalized spacial score (nSPS) is 13.1. The van der Waals surface area contributed by atoms with Crippen LogP contribution < -0.4 is 0 Å². The minimum absolute atomic E-state index is 0.387. The molecule has 1 N–H and O–H groups in total. The molecule has 0 aliphatic carbocycles. The van der Waals surface area contributed by atoms with Crippen LogP contribution in [0.5, 0.6) is 0 Å². The third-order valence-corrected chi connectivity index (χ3v) is 3.62. The van der Waals surface area contributed by atoms with Crippen LogP contribution in [0.4, 0.5) is 0 Å². The lowest BCUT2D eigenvalue weighted by Gasteiger charge is -2.13. The zero-order valence-corrected chi connectivity index (χ0v) is 10.4. The molecule has 0 fully saturated rings. The lowest BCUT2D eigenvalue weighted by Crippen LogP contribution is -2.05. The number of aliphatic hydroxyl groups is 1. The van der Waals surface area contributed by atoms with Crippen molar-refractivity contribution in [1.82, 2.24) is 4.98 Å². The van der Waals surface area contributed by atoms with Gasteiger partial charge in [0.1, 0.15) is 0 Å². The smallest absolute Gasteiger partial charge is 0.0897 e. The molecule has 1 atom stereocenters. The Morgan fingerprint density at radius 2 is 2.13 bits per heavy atom. The monoisotopic (exact) mass is 225 g/mol. The lowest BCUT2D eigenvalue weighted by atomic mass is 10.1. The fraction of sp³-hybridized carbons (Fsp3) is 0.583. The summed E-state index contributed by atoms with van der Waals surface area (Å²) < 4.78 is 0. The second kappa shape index (κ2) is 6.13. The Morgan fingerprint density at radius 3 is 2.73 bits per heavy atom. The van der Waals surface area contributed by atoms with Crippen molar-refractivity contribution in [2.75, 3.05) is 11.5 Å². The van der Waals surface area contributed by atoms with Gasteiger partial charge in [0.25, 0.3) is 0 Å². The second-order valence-electron chi connectivity index (χ2n) is 4.18. The molecule has 0 aromatic carbocycles. The molecule has 0 saturated heterocycles. The Balaban J connectivity index is 2.47. The van der Waals surface area contributed by atoms with Crippen molar-refractivity contribution < 1.29 is 5.11 Å². The van der Waals surface area contributed by atoms with Gasteiger partial charge in [-0.25, -0.2) is 0 Å². The SMILES string of the molecule is Cc1ccncc1C(O)CSCC(C)C. The average Bonchev–Trinajstić information content (AvgIpc) is 2.17. The predicted octanol–water partition coefficient (Wildman–Crippen LogP) is 2.81. The highest BCUT2D eigenvalue weighted by Crippen LogP contribution is 2.21. The summed E-state index contributed by atoms with van der Waals surface area (Å²) in [6.45, 7) is 6.39. The van der Waals surface area contributed by atoms with Gasteiger partial charge in [0.15, 0.2) is 0 Å². The summed E-state index contributed by atoms with van der Waals surface area (Å²) in [7, 11) is 0. The molecule has 0 spiro atoms. The van der Waals surface area contributed by atoms with Crippen molar-refractivity contribution >= 4 is 11.8 Å². The number of pyridine rings is 1. The van der Waals surface area contributed by atoms with Gasteiger partial charge >= 0.3 is 0 Å². The molecule has 0 radical (unpaired) electrons. The van der Waals surface area contributed by atoms with Crippen molar-refractivity contribution in [3.63, 3.8) is 0 Å². The summed E-state index contributed by atoms with van der Waals surface area (Å²) in [5, 5.41) is 9.95. The van der Waals surface area contributed by atoms with Crippen LogP contribution >= 0.6 is 11.8 Å². The van der Waals surface area contributed by atoms with E-state index in [0.717, 1.165) is 22.6 Å². The van der Waals surface area contributed by atoms with Gasteiger partial charge in [-0.2, -0.15) is 11.8 Å². The number of rotatable bonds is 5. The quantitative estimate of drug-likeness (QED) is 0.836. The molecule has 0 amide bonds. The van der Waals surface area contributed by atoms with Gasteiger partial charge in [-0.1, -0.05) is 13.8 Å². The lowest BCUT2D eigenvalue weighted by molar-refractivity contribution is 0.203. The maximum Gasteiger partial charge on any atom is 0.0897 e. The van der Waals surface area contributed by atoms with E-state index in [1.807, 2.05) is 13.0 Å². The Kier molecular flexibility index (Phi) is 5.12. The van der Waals surface area contributed by atoms with E-state index in [-0.39, 0.29) is 6.10 Å². The van der Waals surface area contributed by atoms with Gasteiger partial charge < -0.3 is 5.11 Å². The Morgan fingerprint density at radius 1 is 1.40 bits per heavy atom. The van der Waals surface area contributed by atoms with Gasteiger partial charge in [-0.3, -0.25) is 4.98 Å². The molecule has 1 unspecified atom stereocenters. The number of hydrogen-bond acceptors (Lipinski definition) is 3. The van der Waals surface area contributed by atoms with Crippen LogP contribution in [-0.2, 0) is 0 Å². The first-order valence-corrected chi connectivity index (χ1v) is 6.43. The molecule has 1 rings (SSSR count). The van der Waals surface area contributed by atoms with E-state index in [4.69, 9.17) is 0 Å². The Labute approximate surface area is 96.1 Å². The highest BCUT2D eigenvalue weighted by atomic mass is 32.2. The molecule has 2 nitrogen and oxygen atoms in total. The topological polar surface area (TPSA) is 33.1 Å². The first-order chi connectivity index (χ1) is 7.11. The summed E-state index contributed by atoms with van der Waals surface area (Å²) >= 11 is 1.80. The van der Waals surface area contributed by atoms with Gasteiger partial charge in [0.05, 0.1) is 6.10 Å². The van der Waals surface area contributed by atoms with Crippen molar-refractivity contribution in [2.45, 2.75) is 26.9 Å². The van der Waals surface area contributed by atoms with Gasteiger partial charge in [-0.05, 0) is 30.2 Å². The number of aliphatic hydroxyl groups excluding tert-OH is 1. The number of hydrogen-bond donors (Lipinski definition) is 1. The van der Waals surface area contributed by atoms with E-state index in [1.54, 1.807) is 24.2 Å². The van der Waals surface area contributed by atoms with Gasteiger partial charge in [0, 0.05) is 23.7 Å². The molecule has 84 valence electrons. The van der Waals surface area contributed by atoms with E-state index in [1.165, 1.54) is 0 Å². The minimum atomic E-state index is -0.387. The Bertz CT molecular complexity index is 301. The van der Waals surface area contributed by atoms with Crippen molar-refractivity contribution in [1.29, 1.82) is 0 Å². The first kappa shape index (κ1) is 12.5. The average molecular weight is 225 g/mol. The van der Waals surface area contributed by atoms with Crippen LogP contribution in [-0.4, -0.2) is 21.6 Å². The zero-order chi connectivity index (χ0) is 11.3. The highest BCUT2D eigenvalue weighted by Gasteiger charge is 2.10. The Hall–Kier alpha value is -0.540. The summed E-state index contributed by atoms with van der Waals surface area (Å²) in [5.74, 6) is 2.53. The summed E-state index contributed by atoms with van der Waals surface area (Å²) in [5.41, 5.74) is 2.07. The number of aryl methyl sites for hydroxylation is 1. The van der Waals surface area contributed by atoms with Gasteiger partial charge in [0.2, 0.25) is 0 Å². The fourth-order valence-electron chi connectivity index (χ4n) is 1.33. The second-order valence-corrected chi connectivity index (χ2v) is 5.25. The maximum atomic E-state index is 9.95. The van der Waals surface area contributed by atoms with E-state index >= 15 is 0 Å². The van der Waals surface area contributed by atoms with E-state index < -0.39 is 0 Å². The van der Waals surface area contributed by atoms with E-state index in [9.17, 15) is 5.11 Å². The van der Waals surface area contributed by atoms with E-state index in [2.05, 4.69) is 18.8 Å². The molecule has 1 aromatic rings. The first-order valence-electron chi connectivity index (χ1n) is 5.27. The van der Waals surface area contributed by atoms with Crippen LogP contribution in [0, 0.1) is 12.8 Å². The van der Waals surface area contributed by atoms with Crippen LogP contribution in [0.1, 0.15) is 31.1 Å². The maximum absolute atomic E-state index is 9.95.